The van der Waals surface area contributed by atoms with Crippen LogP contribution in [-0.2, 0) is 0 Å². The molecule has 0 radical (unpaired) electrons. The zero-order valence-electron chi connectivity index (χ0n) is 12.6. The Hall–Kier alpha value is -0.710. The molecule has 1 atom stereocenters. The minimum absolute atomic E-state index is 0.445. The zero-order chi connectivity index (χ0) is 14.2. The highest BCUT2D eigenvalue weighted by atomic mass is 32.2. The first-order valence-corrected chi connectivity index (χ1v) is 8.66. The van der Waals surface area contributed by atoms with Gasteiger partial charge in [0, 0.05) is 43.7 Å². The summed E-state index contributed by atoms with van der Waals surface area (Å²) in [6.07, 6.45) is 1.11. The molecule has 1 aromatic carbocycles. The molecule has 112 valence electrons. The van der Waals surface area contributed by atoms with Gasteiger partial charge in [-0.05, 0) is 24.1 Å². The van der Waals surface area contributed by atoms with Crippen molar-refractivity contribution in [2.24, 2.45) is 0 Å². The summed E-state index contributed by atoms with van der Waals surface area (Å²) in [5.74, 6) is 3.50. The van der Waals surface area contributed by atoms with Crippen molar-refractivity contribution in [3.63, 3.8) is 0 Å². The summed E-state index contributed by atoms with van der Waals surface area (Å²) in [4.78, 5) is 2.56. The van der Waals surface area contributed by atoms with E-state index in [4.69, 9.17) is 4.74 Å². The minimum atomic E-state index is 0.445. The van der Waals surface area contributed by atoms with Gasteiger partial charge in [0.15, 0.2) is 0 Å². The van der Waals surface area contributed by atoms with E-state index in [1.807, 2.05) is 12.1 Å². The van der Waals surface area contributed by atoms with Crippen molar-refractivity contribution in [2.75, 3.05) is 44.8 Å². The number of thioether (sulfide) groups is 1. The van der Waals surface area contributed by atoms with Crippen LogP contribution in [0, 0.1) is 0 Å². The normalized spacial score (nSPS) is 17.9. The third-order valence-corrected chi connectivity index (χ3v) is 4.79. The van der Waals surface area contributed by atoms with E-state index in [9.17, 15) is 0 Å². The number of benzene rings is 1. The van der Waals surface area contributed by atoms with Gasteiger partial charge in [0.25, 0.3) is 0 Å². The lowest BCUT2D eigenvalue weighted by atomic mass is 10.0. The van der Waals surface area contributed by atoms with Gasteiger partial charge in [0.1, 0.15) is 5.75 Å². The van der Waals surface area contributed by atoms with Gasteiger partial charge in [-0.1, -0.05) is 19.1 Å². The van der Waals surface area contributed by atoms with Gasteiger partial charge in [0.2, 0.25) is 0 Å². The molecule has 0 aromatic heterocycles. The molecule has 0 amide bonds. The zero-order valence-corrected chi connectivity index (χ0v) is 13.4. The molecular weight excluding hydrogens is 268 g/mol. The van der Waals surface area contributed by atoms with Crippen LogP contribution in [-0.4, -0.2) is 49.7 Å². The molecule has 0 spiro atoms. The maximum Gasteiger partial charge on any atom is 0.118 e. The van der Waals surface area contributed by atoms with E-state index in [1.54, 1.807) is 7.11 Å². The van der Waals surface area contributed by atoms with Gasteiger partial charge in [-0.15, -0.1) is 0 Å². The monoisotopic (exact) mass is 294 g/mol. The van der Waals surface area contributed by atoms with E-state index < -0.39 is 0 Å². The predicted molar refractivity (Wildman–Crippen MR) is 87.8 cm³/mol. The Kier molecular flexibility index (Phi) is 6.70. The third kappa shape index (κ3) is 4.69. The second-order valence-corrected chi connectivity index (χ2v) is 6.37. The SMILES string of the molecule is CCC(NCCN1CCSCC1)c1ccc(OC)cc1. The number of hydrogen-bond donors (Lipinski definition) is 1. The van der Waals surface area contributed by atoms with E-state index in [-0.39, 0.29) is 0 Å². The summed E-state index contributed by atoms with van der Waals surface area (Å²) >= 11 is 2.07. The average Bonchev–Trinajstić information content (AvgIpc) is 2.53. The van der Waals surface area contributed by atoms with Crippen LogP contribution in [0.3, 0.4) is 0 Å². The van der Waals surface area contributed by atoms with Crippen molar-refractivity contribution >= 4 is 11.8 Å². The smallest absolute Gasteiger partial charge is 0.118 e. The van der Waals surface area contributed by atoms with Crippen LogP contribution < -0.4 is 10.1 Å². The van der Waals surface area contributed by atoms with Crippen molar-refractivity contribution in [1.82, 2.24) is 10.2 Å². The fraction of sp³-hybridized carbons (Fsp3) is 0.625. The molecule has 0 saturated carbocycles. The van der Waals surface area contributed by atoms with Gasteiger partial charge in [-0.2, -0.15) is 11.8 Å². The standard InChI is InChI=1S/C16H26N2OS/c1-3-16(14-4-6-15(19-2)7-5-14)17-8-9-18-10-12-20-13-11-18/h4-7,16-17H,3,8-13H2,1-2H3. The third-order valence-electron chi connectivity index (χ3n) is 3.85. The minimum Gasteiger partial charge on any atom is -0.497 e. The van der Waals surface area contributed by atoms with Crippen molar-refractivity contribution in [3.05, 3.63) is 29.8 Å². The van der Waals surface area contributed by atoms with Gasteiger partial charge in [0.05, 0.1) is 7.11 Å². The number of methoxy groups -OCH3 is 1. The van der Waals surface area contributed by atoms with Crippen LogP contribution in [0.2, 0.25) is 0 Å². The van der Waals surface area contributed by atoms with Crippen LogP contribution in [0.25, 0.3) is 0 Å². The summed E-state index contributed by atoms with van der Waals surface area (Å²) in [7, 11) is 1.71. The first-order valence-electron chi connectivity index (χ1n) is 7.51. The van der Waals surface area contributed by atoms with E-state index in [0.29, 0.717) is 6.04 Å². The largest absolute Gasteiger partial charge is 0.497 e. The summed E-state index contributed by atoms with van der Waals surface area (Å²) in [5.41, 5.74) is 1.35. The number of hydrogen-bond acceptors (Lipinski definition) is 4. The second-order valence-electron chi connectivity index (χ2n) is 5.14. The Labute approximate surface area is 127 Å². The summed E-state index contributed by atoms with van der Waals surface area (Å²) in [6, 6.07) is 8.86. The molecule has 3 nitrogen and oxygen atoms in total. The Bertz CT molecular complexity index is 377. The number of nitrogens with zero attached hydrogens (tertiary/aromatic N) is 1. The Balaban J connectivity index is 1.78. The van der Waals surface area contributed by atoms with Crippen molar-refractivity contribution in [2.45, 2.75) is 19.4 Å². The molecule has 1 N–H and O–H groups in total. The van der Waals surface area contributed by atoms with Gasteiger partial charge < -0.3 is 15.0 Å². The van der Waals surface area contributed by atoms with Crippen LogP contribution in [0.15, 0.2) is 24.3 Å². The van der Waals surface area contributed by atoms with Gasteiger partial charge >= 0.3 is 0 Å². The first-order chi connectivity index (χ1) is 9.83. The molecule has 1 aromatic rings. The average molecular weight is 294 g/mol. The fourth-order valence-electron chi connectivity index (χ4n) is 2.56. The quantitative estimate of drug-likeness (QED) is 0.836. The Morgan fingerprint density at radius 2 is 1.95 bits per heavy atom. The molecule has 1 aliphatic rings. The second kappa shape index (κ2) is 8.55. The molecule has 1 unspecified atom stereocenters. The molecule has 1 saturated heterocycles. The fourth-order valence-corrected chi connectivity index (χ4v) is 3.53. The molecule has 0 bridgehead atoms. The molecule has 20 heavy (non-hydrogen) atoms. The van der Waals surface area contributed by atoms with Crippen molar-refractivity contribution in [1.29, 1.82) is 0 Å². The van der Waals surface area contributed by atoms with E-state index in [1.165, 1.54) is 30.2 Å². The molecule has 1 fully saturated rings. The highest BCUT2D eigenvalue weighted by molar-refractivity contribution is 7.99. The number of ether oxygens (including phenoxy) is 1. The summed E-state index contributed by atoms with van der Waals surface area (Å²) < 4.78 is 5.21. The van der Waals surface area contributed by atoms with Crippen molar-refractivity contribution in [3.8, 4) is 5.75 Å². The van der Waals surface area contributed by atoms with Crippen LogP contribution in [0.5, 0.6) is 5.75 Å². The lowest BCUT2D eigenvalue weighted by molar-refractivity contribution is 0.294. The summed E-state index contributed by atoms with van der Waals surface area (Å²) in [6.45, 7) is 6.94. The predicted octanol–water partition coefficient (Wildman–Crippen LogP) is 2.78. The van der Waals surface area contributed by atoms with E-state index in [0.717, 1.165) is 25.3 Å². The molecule has 4 heteroatoms. The first kappa shape index (κ1) is 15.7. The Morgan fingerprint density at radius 1 is 1.25 bits per heavy atom. The molecule has 1 aliphatic heterocycles. The molecular formula is C16H26N2OS. The molecule has 1 heterocycles. The number of nitrogens with one attached hydrogen (secondary N) is 1. The highest BCUT2D eigenvalue weighted by Gasteiger charge is 2.12. The maximum atomic E-state index is 5.21. The van der Waals surface area contributed by atoms with Gasteiger partial charge in [-0.3, -0.25) is 0 Å². The maximum absolute atomic E-state index is 5.21. The molecule has 0 aliphatic carbocycles. The summed E-state index contributed by atoms with van der Waals surface area (Å²) in [5, 5.41) is 3.68. The van der Waals surface area contributed by atoms with Crippen LogP contribution in [0.4, 0.5) is 0 Å². The highest BCUT2D eigenvalue weighted by Crippen LogP contribution is 2.20. The molecule has 2 rings (SSSR count). The Morgan fingerprint density at radius 3 is 2.55 bits per heavy atom. The lowest BCUT2D eigenvalue weighted by Crippen LogP contribution is -2.38. The van der Waals surface area contributed by atoms with E-state index >= 15 is 0 Å². The van der Waals surface area contributed by atoms with E-state index in [2.05, 4.69) is 41.0 Å². The number of rotatable bonds is 7. The van der Waals surface area contributed by atoms with Crippen molar-refractivity contribution < 1.29 is 4.74 Å². The van der Waals surface area contributed by atoms with Gasteiger partial charge in [-0.25, -0.2) is 0 Å². The van der Waals surface area contributed by atoms with Crippen LogP contribution >= 0.6 is 11.8 Å². The lowest BCUT2D eigenvalue weighted by Gasteiger charge is -2.27. The van der Waals surface area contributed by atoms with Crippen LogP contribution in [0.1, 0.15) is 24.9 Å². The topological polar surface area (TPSA) is 24.5 Å².